The molecular weight excluding hydrogens is 1420 g/mol. The molecule has 17 aromatic carbocycles. The molecule has 2 aliphatic rings. The normalized spacial score (nSPS) is 14.7. The van der Waals surface area contributed by atoms with Crippen molar-refractivity contribution in [2.24, 2.45) is 0 Å². The Balaban J connectivity index is 0.917. The molecule has 0 atom stereocenters. The van der Waals surface area contributed by atoms with Crippen molar-refractivity contribution >= 4 is 140 Å². The third-order valence-electron chi connectivity index (χ3n) is 23.5. The van der Waals surface area contributed by atoms with Gasteiger partial charge in [-0.1, -0.05) is 278 Å². The molecule has 0 fully saturated rings. The van der Waals surface area contributed by atoms with E-state index in [1.807, 2.05) is 114 Å². The Hall–Kier alpha value is -14.4. The summed E-state index contributed by atoms with van der Waals surface area (Å²) >= 11 is 0. The van der Waals surface area contributed by atoms with Gasteiger partial charge in [0.1, 0.15) is 0 Å². The molecule has 117 heavy (non-hydrogen) atoms. The predicted molar refractivity (Wildman–Crippen MR) is 497 cm³/mol. The van der Waals surface area contributed by atoms with E-state index < -0.39 is 97.3 Å². The fourth-order valence-electron chi connectivity index (χ4n) is 18.0. The average molecular weight is 1520 g/mol. The number of hydrogen-bond acceptors (Lipinski definition) is 3. The van der Waals surface area contributed by atoms with Gasteiger partial charge >= 0.3 is 0 Å². The van der Waals surface area contributed by atoms with Gasteiger partial charge in [-0.15, -0.1) is 0 Å². The second-order valence-electron chi connectivity index (χ2n) is 32.5. The van der Waals surface area contributed by atoms with Crippen LogP contribution in [0.2, 0.25) is 0 Å². The van der Waals surface area contributed by atoms with Gasteiger partial charge in [-0.25, -0.2) is 0 Å². The average Bonchev–Trinajstić information content (AvgIpc) is 1.20. The molecule has 0 bridgehead atoms. The lowest BCUT2D eigenvalue weighted by Crippen LogP contribution is -2.61. The van der Waals surface area contributed by atoms with E-state index in [2.05, 4.69) is 202 Å². The molecule has 22 rings (SSSR count). The molecule has 2 aliphatic heterocycles. The first kappa shape index (κ1) is 53.6. The summed E-state index contributed by atoms with van der Waals surface area (Å²) in [6.45, 7) is 12.6. The molecule has 0 aliphatic carbocycles. The quantitative estimate of drug-likeness (QED) is 0.114. The molecule has 20 aromatic rings. The highest BCUT2D eigenvalue weighted by Crippen LogP contribution is 2.52. The number of para-hydroxylation sites is 5. The van der Waals surface area contributed by atoms with Gasteiger partial charge in [-0.2, -0.15) is 0 Å². The predicted octanol–water partition coefficient (Wildman–Crippen LogP) is 27.8. The van der Waals surface area contributed by atoms with Gasteiger partial charge in [0.05, 0.1) is 62.1 Å². The van der Waals surface area contributed by atoms with E-state index in [9.17, 15) is 16.4 Å². The Morgan fingerprint density at radius 1 is 0.248 bits per heavy atom. The largest absolute Gasteiger partial charge is 0.311 e. The summed E-state index contributed by atoms with van der Waals surface area (Å²) in [5.74, 6) is 0. The second kappa shape index (κ2) is 27.2. The van der Waals surface area contributed by atoms with Crippen molar-refractivity contribution in [1.29, 1.82) is 0 Å². The fraction of sp³-hybridized carbons (Fsp3) is 0.0727. The minimum absolute atomic E-state index is 0.0502. The van der Waals surface area contributed by atoms with Crippen molar-refractivity contribution in [3.63, 3.8) is 0 Å². The van der Waals surface area contributed by atoms with Crippen molar-refractivity contribution in [2.75, 3.05) is 14.7 Å². The van der Waals surface area contributed by atoms with E-state index in [1.165, 1.54) is 0 Å². The molecule has 3 aromatic heterocycles. The van der Waals surface area contributed by atoms with Gasteiger partial charge in [-0.3, -0.25) is 0 Å². The molecule has 0 saturated heterocycles. The number of aromatic nitrogens is 3. The number of nitrogens with zero attached hydrogens (tertiary/aromatic N) is 6. The molecule has 0 amide bonds. The molecule has 0 spiro atoms. The topological polar surface area (TPSA) is 24.5 Å². The number of hydrogen-bond donors (Lipinski definition) is 0. The Morgan fingerprint density at radius 2 is 0.598 bits per heavy atom. The van der Waals surface area contributed by atoms with Crippen LogP contribution in [0.25, 0.3) is 127 Å². The van der Waals surface area contributed by atoms with Gasteiger partial charge in [-0.05, 0) is 240 Å². The van der Waals surface area contributed by atoms with E-state index in [1.54, 1.807) is 45.9 Å². The van der Waals surface area contributed by atoms with Crippen LogP contribution in [-0.2, 0) is 10.8 Å². The van der Waals surface area contributed by atoms with Gasteiger partial charge in [0.15, 0.2) is 0 Å². The van der Waals surface area contributed by atoms with E-state index in [-0.39, 0.29) is 61.3 Å². The highest BCUT2D eigenvalue weighted by molar-refractivity contribution is 7.00. The zero-order valence-electron chi connectivity index (χ0n) is 82.0. The Kier molecular flexibility index (Phi) is 12.4. The van der Waals surface area contributed by atoms with Crippen molar-refractivity contribution in [2.45, 2.75) is 52.4 Å². The van der Waals surface area contributed by atoms with Crippen LogP contribution in [0.3, 0.4) is 0 Å². The van der Waals surface area contributed by atoms with Crippen molar-refractivity contribution in [3.8, 4) is 61.6 Å². The third-order valence-corrected chi connectivity index (χ3v) is 23.5. The maximum absolute atomic E-state index is 10.2. The van der Waals surface area contributed by atoms with Crippen molar-refractivity contribution < 1.29 is 23.3 Å². The van der Waals surface area contributed by atoms with E-state index in [0.717, 1.165) is 117 Å². The highest BCUT2D eigenvalue weighted by atomic mass is 15.2. The van der Waals surface area contributed by atoms with Gasteiger partial charge in [0.25, 0.3) is 6.71 Å². The molecule has 5 heterocycles. The Morgan fingerprint density at radius 3 is 1.02 bits per heavy atom. The molecular formula is C110H83BN6. The Labute approximate surface area is 706 Å². The number of benzene rings is 17. The molecule has 556 valence electrons. The van der Waals surface area contributed by atoms with E-state index in [0.29, 0.717) is 50.7 Å². The molecule has 7 heteroatoms. The lowest BCUT2D eigenvalue weighted by atomic mass is 9.33. The zero-order chi connectivity index (χ0) is 93.2. The van der Waals surface area contributed by atoms with Crippen LogP contribution in [0.5, 0.6) is 0 Å². The molecule has 6 nitrogen and oxygen atoms in total. The fourth-order valence-corrected chi connectivity index (χ4v) is 18.0. The summed E-state index contributed by atoms with van der Waals surface area (Å²) in [4.78, 5) is 6.22. The van der Waals surface area contributed by atoms with Crippen LogP contribution in [0.4, 0.5) is 51.2 Å². The van der Waals surface area contributed by atoms with Crippen LogP contribution >= 0.6 is 0 Å². The first-order valence-electron chi connectivity index (χ1n) is 48.0. The number of anilines is 9. The summed E-state index contributed by atoms with van der Waals surface area (Å²) in [6, 6.07) is 90.4. The molecule has 0 saturated carbocycles. The van der Waals surface area contributed by atoms with E-state index in [4.69, 9.17) is 6.85 Å². The monoisotopic (exact) mass is 1520 g/mol. The number of rotatable bonds is 12. The third kappa shape index (κ3) is 11.5. The highest BCUT2D eigenvalue weighted by Gasteiger charge is 2.45. The van der Waals surface area contributed by atoms with Crippen LogP contribution in [0.15, 0.2) is 394 Å². The summed E-state index contributed by atoms with van der Waals surface area (Å²) in [6.07, 6.45) is 0. The minimum atomic E-state index is -0.760. The lowest BCUT2D eigenvalue weighted by molar-refractivity contribution is 0.590. The Bertz CT molecular complexity index is 8150. The van der Waals surface area contributed by atoms with Crippen LogP contribution in [-0.4, -0.2) is 20.4 Å². The molecule has 0 radical (unpaired) electrons. The number of fused-ring (bicyclic) bond motifs is 13. The van der Waals surface area contributed by atoms with Crippen molar-refractivity contribution in [1.82, 2.24) is 13.7 Å². The van der Waals surface area contributed by atoms with Crippen molar-refractivity contribution in [3.05, 3.63) is 405 Å². The first-order valence-corrected chi connectivity index (χ1v) is 39.5. The van der Waals surface area contributed by atoms with Gasteiger partial charge < -0.3 is 28.4 Å². The van der Waals surface area contributed by atoms with Crippen LogP contribution in [0.1, 0.15) is 76.0 Å². The molecule has 0 unspecified atom stereocenters. The van der Waals surface area contributed by atoms with Crippen LogP contribution in [0, 0.1) is 0 Å². The van der Waals surface area contributed by atoms with Gasteiger partial charge in [0, 0.05) is 94.9 Å². The summed E-state index contributed by atoms with van der Waals surface area (Å²) in [5, 5.41) is 2.45. The SMILES string of the molecule is [2H]c1c([2H])c([2H])c(N(c2ccccc2)c2ccc3c(c2)c2c([2H])c([2H])c([2H])c([2H])c2n3-c2ccc3c(c2)N(c2cc(-c4ccccc4)cc(-c4ccccc4)c2)c2cc(-n4c5ccc(C(C)(C)C)cc5c5cc(C(C)(C)C)ccc54)cc4c2B3c2ccc(-n3c5c([2H])c([2H])c([2H])c([2H])c5c5c([2H])c([2H])c([2H])c([2H])c53)cc2N4c2cc(-c3ccccc3)cc(-c3ccccc3)c2)c([2H])c1[2H]. The summed E-state index contributed by atoms with van der Waals surface area (Å²) in [5.41, 5.74) is 20.1. The van der Waals surface area contributed by atoms with E-state index >= 15 is 0 Å². The lowest BCUT2D eigenvalue weighted by Gasteiger charge is -2.45. The first-order chi connectivity index (χ1) is 64.3. The smallest absolute Gasteiger partial charge is 0.252 e. The maximum Gasteiger partial charge on any atom is 0.252 e. The maximum atomic E-state index is 10.2. The van der Waals surface area contributed by atoms with Crippen LogP contribution < -0.4 is 31.1 Å². The minimum Gasteiger partial charge on any atom is -0.311 e. The summed E-state index contributed by atoms with van der Waals surface area (Å²) < 4.78 is 167. The second-order valence-corrected chi connectivity index (χ2v) is 32.5. The standard InChI is InChI=1S/C110H83BN6/c1-109(2,3)80-49-56-101-93(65-80)94-66-81(110(4,5)6)50-57-102(94)115(101)89-70-106-108-107(71-89)117(88-63-78(74-35-17-9-18-36-74)60-79(64-88)75-37-19-10-20-38-75)105-69-86(114-100-48-30-27-45-92(100)95-67-84(53-58-103(95)114)112(82-39-21-11-22-40-82)83-41-23-12-24-42-83)52-55-97(105)111(108)96-54-51-85(113-98-46-28-25-43-90(98)91-44-26-29-47-99(91)113)68-104(96)116(106)87-61-76(72-31-13-7-14-32-72)59-77(62-87)73-33-15-8-16-34-73/h7-71H,1-6H3/i11D,21D,22D,25D,26D,27D,28D,29D,30D,39D,40D,43D,44D,45D,46D,47D,48D. The van der Waals surface area contributed by atoms with Gasteiger partial charge in [0.2, 0.25) is 0 Å². The zero-order valence-corrected chi connectivity index (χ0v) is 65.0. The molecule has 0 N–H and O–H groups in total. The summed E-state index contributed by atoms with van der Waals surface area (Å²) in [7, 11) is 0.